The predicted molar refractivity (Wildman–Crippen MR) is 85.4 cm³/mol. The van der Waals surface area contributed by atoms with Crippen molar-refractivity contribution in [3.8, 4) is 11.3 Å². The minimum atomic E-state index is -0.509. The Morgan fingerprint density at radius 3 is 2.61 bits per heavy atom. The summed E-state index contributed by atoms with van der Waals surface area (Å²) in [5, 5.41) is 4.22. The number of ketones is 1. The van der Waals surface area contributed by atoms with Crippen LogP contribution in [0.5, 0.6) is 0 Å². The number of benzene rings is 1. The number of aromatic nitrogens is 2. The van der Waals surface area contributed by atoms with Crippen molar-refractivity contribution in [1.82, 2.24) is 9.78 Å². The number of carbonyl (C=O) groups is 2. The van der Waals surface area contributed by atoms with Crippen molar-refractivity contribution in [3.05, 3.63) is 45.7 Å². The number of nitrogen functional groups attached to an aromatic ring is 1. The zero-order valence-electron chi connectivity index (χ0n) is 13.1. The van der Waals surface area contributed by atoms with Crippen LogP contribution < -0.4 is 11.3 Å². The van der Waals surface area contributed by atoms with Crippen LogP contribution in [0.25, 0.3) is 11.3 Å². The number of carbonyl (C=O) groups excluding carboxylic acids is 2. The van der Waals surface area contributed by atoms with Crippen LogP contribution in [0.1, 0.15) is 34.6 Å². The maximum Gasteiger partial charge on any atom is 0.337 e. The van der Waals surface area contributed by atoms with E-state index in [9.17, 15) is 14.4 Å². The second kappa shape index (κ2) is 6.43. The van der Waals surface area contributed by atoms with Gasteiger partial charge in [-0.25, -0.2) is 9.48 Å². The molecule has 0 aliphatic heterocycles. The first kappa shape index (κ1) is 16.4. The second-order valence-corrected chi connectivity index (χ2v) is 4.89. The van der Waals surface area contributed by atoms with Gasteiger partial charge in [-0.2, -0.15) is 5.10 Å². The standard InChI is InChI=1S/C16H17N3O4/c1-4-19-15(21)13(17)12(9(2)20)14(18-19)10-6-5-7-11(8-10)16(22)23-3/h5-8H,4,17H2,1-3H3. The first-order valence-corrected chi connectivity index (χ1v) is 7.01. The number of hydrogen-bond acceptors (Lipinski definition) is 6. The normalized spacial score (nSPS) is 10.4. The quantitative estimate of drug-likeness (QED) is 0.677. The van der Waals surface area contributed by atoms with E-state index in [1.54, 1.807) is 31.2 Å². The van der Waals surface area contributed by atoms with Gasteiger partial charge in [-0.3, -0.25) is 9.59 Å². The molecule has 0 spiro atoms. The molecule has 0 saturated carbocycles. The van der Waals surface area contributed by atoms with Crippen molar-refractivity contribution >= 4 is 17.4 Å². The van der Waals surface area contributed by atoms with Gasteiger partial charge in [-0.1, -0.05) is 12.1 Å². The van der Waals surface area contributed by atoms with E-state index < -0.39 is 11.5 Å². The fraction of sp³-hybridized carbons (Fsp3) is 0.250. The Morgan fingerprint density at radius 1 is 1.35 bits per heavy atom. The predicted octanol–water partition coefficient (Wildman–Crippen LogP) is 1.50. The molecular weight excluding hydrogens is 298 g/mol. The van der Waals surface area contributed by atoms with E-state index in [-0.39, 0.29) is 22.7 Å². The highest BCUT2D eigenvalue weighted by Crippen LogP contribution is 2.25. The molecule has 1 aromatic carbocycles. The van der Waals surface area contributed by atoms with Gasteiger partial charge >= 0.3 is 5.97 Å². The van der Waals surface area contributed by atoms with Gasteiger partial charge in [0.25, 0.3) is 5.56 Å². The topological polar surface area (TPSA) is 104 Å². The molecule has 1 heterocycles. The summed E-state index contributed by atoms with van der Waals surface area (Å²) >= 11 is 0. The molecule has 0 unspecified atom stereocenters. The molecule has 7 nitrogen and oxygen atoms in total. The third-order valence-corrected chi connectivity index (χ3v) is 3.40. The largest absolute Gasteiger partial charge is 0.465 e. The Labute approximate surface area is 132 Å². The molecule has 23 heavy (non-hydrogen) atoms. The van der Waals surface area contributed by atoms with Gasteiger partial charge in [0.2, 0.25) is 0 Å². The minimum Gasteiger partial charge on any atom is -0.465 e. The highest BCUT2D eigenvalue weighted by Gasteiger charge is 2.20. The number of Topliss-reactive ketones (excluding diaryl/α,β-unsaturated/α-hetero) is 1. The van der Waals surface area contributed by atoms with Gasteiger partial charge in [-0.05, 0) is 26.0 Å². The number of ether oxygens (including phenoxy) is 1. The lowest BCUT2D eigenvalue weighted by Crippen LogP contribution is -2.28. The molecule has 0 bridgehead atoms. The second-order valence-electron chi connectivity index (χ2n) is 4.89. The van der Waals surface area contributed by atoms with Gasteiger partial charge in [0.05, 0.1) is 18.2 Å². The maximum absolute atomic E-state index is 12.1. The molecule has 2 rings (SSSR count). The molecule has 2 aromatic rings. The number of anilines is 1. The van der Waals surface area contributed by atoms with Gasteiger partial charge in [0, 0.05) is 12.1 Å². The van der Waals surface area contributed by atoms with Crippen molar-refractivity contribution in [2.24, 2.45) is 0 Å². The van der Waals surface area contributed by atoms with Crippen molar-refractivity contribution < 1.29 is 14.3 Å². The van der Waals surface area contributed by atoms with Gasteiger partial charge < -0.3 is 10.5 Å². The number of rotatable bonds is 4. The lowest BCUT2D eigenvalue weighted by Gasteiger charge is -2.12. The molecule has 0 fully saturated rings. The van der Waals surface area contributed by atoms with Crippen LogP contribution in [0.4, 0.5) is 5.69 Å². The maximum atomic E-state index is 12.1. The summed E-state index contributed by atoms with van der Waals surface area (Å²) in [5.41, 5.74) is 6.33. The average molecular weight is 315 g/mol. The zero-order valence-corrected chi connectivity index (χ0v) is 13.1. The molecule has 1 aromatic heterocycles. The van der Waals surface area contributed by atoms with Crippen LogP contribution in [0, 0.1) is 0 Å². The molecule has 0 radical (unpaired) electrons. The first-order chi connectivity index (χ1) is 10.9. The Kier molecular flexibility index (Phi) is 4.59. The molecule has 7 heteroatoms. The Balaban J connectivity index is 2.77. The number of nitrogens with zero attached hydrogens (tertiary/aromatic N) is 2. The number of nitrogens with two attached hydrogens (primary N) is 1. The summed E-state index contributed by atoms with van der Waals surface area (Å²) < 4.78 is 5.87. The summed E-state index contributed by atoms with van der Waals surface area (Å²) in [4.78, 5) is 35.7. The van der Waals surface area contributed by atoms with E-state index in [4.69, 9.17) is 5.73 Å². The van der Waals surface area contributed by atoms with Crippen LogP contribution in [0.15, 0.2) is 29.1 Å². The highest BCUT2D eigenvalue weighted by molar-refractivity contribution is 6.04. The highest BCUT2D eigenvalue weighted by atomic mass is 16.5. The van der Waals surface area contributed by atoms with Crippen molar-refractivity contribution in [1.29, 1.82) is 0 Å². The van der Waals surface area contributed by atoms with Crippen LogP contribution >= 0.6 is 0 Å². The molecule has 2 N–H and O–H groups in total. The zero-order chi connectivity index (χ0) is 17.1. The molecule has 0 amide bonds. The summed E-state index contributed by atoms with van der Waals surface area (Å²) in [5.74, 6) is -0.873. The monoisotopic (exact) mass is 315 g/mol. The first-order valence-electron chi connectivity index (χ1n) is 7.01. The minimum absolute atomic E-state index is 0.0571. The van der Waals surface area contributed by atoms with Gasteiger partial charge in [0.15, 0.2) is 5.78 Å². The SMILES string of the molecule is CCn1nc(-c2cccc(C(=O)OC)c2)c(C(C)=O)c(N)c1=O. The number of aryl methyl sites for hydroxylation is 1. The molecule has 0 aliphatic carbocycles. The summed E-state index contributed by atoms with van der Waals surface area (Å²) in [6, 6.07) is 6.46. The summed E-state index contributed by atoms with van der Waals surface area (Å²) in [6.45, 7) is 3.37. The van der Waals surface area contributed by atoms with E-state index in [2.05, 4.69) is 9.84 Å². The third-order valence-electron chi connectivity index (χ3n) is 3.40. The molecule has 0 atom stereocenters. The summed E-state index contributed by atoms with van der Waals surface area (Å²) in [6.07, 6.45) is 0. The van der Waals surface area contributed by atoms with E-state index in [0.717, 1.165) is 0 Å². The fourth-order valence-electron chi connectivity index (χ4n) is 2.27. The van der Waals surface area contributed by atoms with Crippen LogP contribution in [0.2, 0.25) is 0 Å². The lowest BCUT2D eigenvalue weighted by atomic mass is 10.0. The molecular formula is C16H17N3O4. The third kappa shape index (κ3) is 2.98. The van der Waals surface area contributed by atoms with E-state index in [1.807, 2.05) is 0 Å². The van der Waals surface area contributed by atoms with Crippen LogP contribution in [-0.4, -0.2) is 28.6 Å². The van der Waals surface area contributed by atoms with Gasteiger partial charge in [0.1, 0.15) is 11.4 Å². The Morgan fingerprint density at radius 2 is 2.04 bits per heavy atom. The van der Waals surface area contributed by atoms with Crippen molar-refractivity contribution in [2.75, 3.05) is 12.8 Å². The Hall–Kier alpha value is -2.96. The van der Waals surface area contributed by atoms with Crippen molar-refractivity contribution in [3.63, 3.8) is 0 Å². The fourth-order valence-corrected chi connectivity index (χ4v) is 2.27. The van der Waals surface area contributed by atoms with Crippen molar-refractivity contribution in [2.45, 2.75) is 20.4 Å². The van der Waals surface area contributed by atoms with E-state index in [0.29, 0.717) is 17.7 Å². The molecule has 0 aliphatic rings. The number of methoxy groups -OCH3 is 1. The van der Waals surface area contributed by atoms with E-state index >= 15 is 0 Å². The van der Waals surface area contributed by atoms with E-state index in [1.165, 1.54) is 18.7 Å². The number of esters is 1. The average Bonchev–Trinajstić information content (AvgIpc) is 2.55. The smallest absolute Gasteiger partial charge is 0.337 e. The van der Waals surface area contributed by atoms with Gasteiger partial charge in [-0.15, -0.1) is 0 Å². The summed E-state index contributed by atoms with van der Waals surface area (Å²) in [7, 11) is 1.28. The molecule has 120 valence electrons. The van der Waals surface area contributed by atoms with Crippen LogP contribution in [-0.2, 0) is 11.3 Å². The van der Waals surface area contributed by atoms with Crippen LogP contribution in [0.3, 0.4) is 0 Å². The lowest BCUT2D eigenvalue weighted by molar-refractivity contribution is 0.0600. The molecule has 0 saturated heterocycles. The Bertz CT molecular complexity index is 840. The number of hydrogen-bond donors (Lipinski definition) is 1.